The number of aliphatic hydroxyl groups excluding tert-OH is 3. The number of ether oxygens (including phenoxy) is 4. The average molecular weight is 650 g/mol. The van der Waals surface area contributed by atoms with E-state index < -0.39 is 42.7 Å². The first-order valence-corrected chi connectivity index (χ1v) is 17.5. The normalized spacial score (nSPS) is 43.5. The van der Waals surface area contributed by atoms with Crippen LogP contribution in [0.1, 0.15) is 85.0 Å². The Hall–Kier alpha value is -1.89. The van der Waals surface area contributed by atoms with Crippen molar-refractivity contribution in [2.24, 2.45) is 35.5 Å². The molecule has 2 saturated carbocycles. The lowest BCUT2D eigenvalue weighted by molar-refractivity contribution is -0.303. The molecule has 11 nitrogen and oxygen atoms in total. The highest BCUT2D eigenvalue weighted by Crippen LogP contribution is 2.56. The molecule has 0 aromatic heterocycles. The van der Waals surface area contributed by atoms with E-state index in [9.17, 15) is 29.7 Å². The molecule has 0 bridgehead atoms. The third-order valence-corrected chi connectivity index (χ3v) is 11.4. The molecule has 0 amide bonds. The fraction of sp³-hybridized carbons (Fsp3) is 0.857. The lowest BCUT2D eigenvalue weighted by atomic mass is 9.66. The highest BCUT2D eigenvalue weighted by Gasteiger charge is 2.53. The molecule has 14 atom stereocenters. The molecule has 11 heteroatoms. The maximum atomic E-state index is 14.3. The smallest absolute Gasteiger partial charge is 0.307 e. The van der Waals surface area contributed by atoms with Crippen molar-refractivity contribution < 1.29 is 48.7 Å². The Morgan fingerprint density at radius 2 is 1.76 bits per heavy atom. The van der Waals surface area contributed by atoms with E-state index in [-0.39, 0.29) is 66.4 Å². The van der Waals surface area contributed by atoms with Gasteiger partial charge in [0.25, 0.3) is 0 Å². The van der Waals surface area contributed by atoms with Crippen LogP contribution in [0.25, 0.3) is 0 Å². The van der Waals surface area contributed by atoms with Crippen molar-refractivity contribution in [2.45, 2.75) is 134 Å². The van der Waals surface area contributed by atoms with E-state index in [2.05, 4.69) is 6.08 Å². The highest BCUT2D eigenvalue weighted by molar-refractivity contribution is 5.99. The zero-order chi connectivity index (χ0) is 33.3. The summed E-state index contributed by atoms with van der Waals surface area (Å²) in [5, 5.41) is 30.9. The van der Waals surface area contributed by atoms with Crippen molar-refractivity contribution in [3.63, 3.8) is 0 Å². The molecule has 2 aliphatic heterocycles. The number of aliphatic hydroxyl groups is 3. The molecule has 0 spiro atoms. The Kier molecular flexibility index (Phi) is 11.6. The maximum absolute atomic E-state index is 14.3. The van der Waals surface area contributed by atoms with E-state index in [1.54, 1.807) is 6.92 Å². The first-order valence-electron chi connectivity index (χ1n) is 17.5. The number of fused-ring (bicyclic) bond motifs is 5. The second kappa shape index (κ2) is 15.1. The summed E-state index contributed by atoms with van der Waals surface area (Å²) in [6.45, 7) is 6.07. The van der Waals surface area contributed by atoms with Gasteiger partial charge in [0, 0.05) is 12.5 Å². The minimum absolute atomic E-state index is 0.0483. The SMILES string of the molecule is CCC1CCCC(OC(=O)CCN(C)C)C(C)C(=O)C2=CC3C4CC(O[C@@H]5O[C@@H](C)[C@H](O)[C@@H](O)[C@H]5O)CC4CCC3C2CC(=O)O1. The quantitative estimate of drug-likeness (QED) is 0.349. The van der Waals surface area contributed by atoms with Crippen molar-refractivity contribution in [3.05, 3.63) is 11.6 Å². The Morgan fingerprint density at radius 3 is 2.48 bits per heavy atom. The summed E-state index contributed by atoms with van der Waals surface area (Å²) in [4.78, 5) is 42.3. The van der Waals surface area contributed by atoms with Crippen LogP contribution in [0.2, 0.25) is 0 Å². The lowest BCUT2D eigenvalue weighted by Gasteiger charge is -2.40. The zero-order valence-electron chi connectivity index (χ0n) is 28.1. The van der Waals surface area contributed by atoms with E-state index in [0.717, 1.165) is 19.3 Å². The third-order valence-electron chi connectivity index (χ3n) is 11.4. The first kappa shape index (κ1) is 35.4. The standard InChI is InChI=1S/C35H55NO10/c1-6-21-8-7-9-28(46-29(37)12-13-36(4)5)18(2)31(39)27-16-25-23(26(27)17-30(38)44-21)11-10-20-14-22(15-24(20)25)45-35-34(42)33(41)32(40)19(3)43-35/h16,18-26,28,32-35,40-42H,6-15,17H2,1-5H3/t18?,19-,20?,21?,22?,23?,24?,25?,26?,28?,32-,33+,34+,35-/m0/s1. The van der Waals surface area contributed by atoms with Gasteiger partial charge in [-0.25, -0.2) is 0 Å². The summed E-state index contributed by atoms with van der Waals surface area (Å²) in [7, 11) is 3.81. The van der Waals surface area contributed by atoms with Crippen molar-refractivity contribution in [1.29, 1.82) is 0 Å². The fourth-order valence-corrected chi connectivity index (χ4v) is 8.75. The van der Waals surface area contributed by atoms with Crippen LogP contribution in [-0.4, -0.2) is 108 Å². The number of carbonyl (C=O) groups excluding carboxylic acids is 3. The summed E-state index contributed by atoms with van der Waals surface area (Å²) in [5.74, 6) is -0.602. The third kappa shape index (κ3) is 7.70. The van der Waals surface area contributed by atoms with Crippen LogP contribution in [0, 0.1) is 35.5 Å². The number of cyclic esters (lactones) is 1. The van der Waals surface area contributed by atoms with Crippen molar-refractivity contribution in [1.82, 2.24) is 4.90 Å². The number of carbonyl (C=O) groups is 3. The minimum atomic E-state index is -1.35. The molecule has 3 N–H and O–H groups in total. The van der Waals surface area contributed by atoms with Crippen LogP contribution in [0.4, 0.5) is 0 Å². The molecule has 0 radical (unpaired) electrons. The van der Waals surface area contributed by atoms with Crippen LogP contribution in [0.5, 0.6) is 0 Å². The van der Waals surface area contributed by atoms with E-state index >= 15 is 0 Å². The number of ketones is 1. The van der Waals surface area contributed by atoms with Gasteiger partial charge in [-0.2, -0.15) is 0 Å². The Balaban J connectivity index is 1.35. The van der Waals surface area contributed by atoms with Crippen LogP contribution < -0.4 is 0 Å². The fourth-order valence-electron chi connectivity index (χ4n) is 8.75. The molecular weight excluding hydrogens is 594 g/mol. The Bertz CT molecular complexity index is 1130. The number of Topliss-reactive ketones (excluding diaryl/α,β-unsaturated/α-hetero) is 1. The van der Waals surface area contributed by atoms with Gasteiger partial charge in [0.2, 0.25) is 0 Å². The molecule has 0 aromatic carbocycles. The topological polar surface area (TPSA) is 152 Å². The van der Waals surface area contributed by atoms with Crippen molar-refractivity contribution >= 4 is 17.7 Å². The molecular formula is C35H55NO10. The van der Waals surface area contributed by atoms with Crippen LogP contribution >= 0.6 is 0 Å². The summed E-state index contributed by atoms with van der Waals surface area (Å²) in [6.07, 6.45) is 1.83. The Morgan fingerprint density at radius 1 is 1.00 bits per heavy atom. The number of rotatable bonds is 7. The van der Waals surface area contributed by atoms with Crippen LogP contribution in [0.15, 0.2) is 11.6 Å². The Labute approximate surface area is 273 Å². The second-order valence-corrected chi connectivity index (χ2v) is 14.8. The van der Waals surface area contributed by atoms with Crippen molar-refractivity contribution in [2.75, 3.05) is 20.6 Å². The number of hydrogen-bond acceptors (Lipinski definition) is 11. The molecule has 4 fully saturated rings. The zero-order valence-corrected chi connectivity index (χ0v) is 28.1. The summed E-state index contributed by atoms with van der Waals surface area (Å²) < 4.78 is 23.9. The molecule has 46 heavy (non-hydrogen) atoms. The van der Waals surface area contributed by atoms with Gasteiger partial charge in [-0.1, -0.05) is 19.9 Å². The maximum Gasteiger partial charge on any atom is 0.307 e. The minimum Gasteiger partial charge on any atom is -0.462 e. The summed E-state index contributed by atoms with van der Waals surface area (Å²) >= 11 is 0. The summed E-state index contributed by atoms with van der Waals surface area (Å²) in [5.41, 5.74) is 0.671. The van der Waals surface area contributed by atoms with Crippen LogP contribution in [0.3, 0.4) is 0 Å². The molecule has 2 saturated heterocycles. The number of esters is 2. The van der Waals surface area contributed by atoms with E-state index in [1.165, 1.54) is 0 Å². The van der Waals surface area contributed by atoms with E-state index in [0.29, 0.717) is 50.1 Å². The van der Waals surface area contributed by atoms with Gasteiger partial charge in [0.05, 0.1) is 31.0 Å². The molecule has 3 aliphatic carbocycles. The molecule has 5 rings (SSSR count). The van der Waals surface area contributed by atoms with Gasteiger partial charge in [0.15, 0.2) is 12.1 Å². The van der Waals surface area contributed by atoms with Gasteiger partial charge < -0.3 is 39.2 Å². The predicted octanol–water partition coefficient (Wildman–Crippen LogP) is 2.77. The number of hydrogen-bond donors (Lipinski definition) is 3. The lowest BCUT2D eigenvalue weighted by Crippen LogP contribution is -2.57. The van der Waals surface area contributed by atoms with E-state index in [4.69, 9.17) is 18.9 Å². The van der Waals surface area contributed by atoms with Gasteiger partial charge in [-0.3, -0.25) is 14.4 Å². The molecule has 0 aromatic rings. The molecule has 9 unspecified atom stereocenters. The molecule has 260 valence electrons. The predicted molar refractivity (Wildman–Crippen MR) is 167 cm³/mol. The number of nitrogens with zero attached hydrogens (tertiary/aromatic N) is 1. The van der Waals surface area contributed by atoms with E-state index in [1.807, 2.05) is 32.8 Å². The van der Waals surface area contributed by atoms with Crippen molar-refractivity contribution in [3.8, 4) is 0 Å². The highest BCUT2D eigenvalue weighted by atomic mass is 16.7. The molecule has 5 aliphatic rings. The second-order valence-electron chi connectivity index (χ2n) is 14.8. The molecule has 2 heterocycles. The largest absolute Gasteiger partial charge is 0.462 e. The number of allylic oxidation sites excluding steroid dienone is 2. The summed E-state index contributed by atoms with van der Waals surface area (Å²) in [6, 6.07) is 0. The average Bonchev–Trinajstić information content (AvgIpc) is 3.60. The first-order chi connectivity index (χ1) is 21.9. The van der Waals surface area contributed by atoms with Gasteiger partial charge >= 0.3 is 11.9 Å². The van der Waals surface area contributed by atoms with Crippen LogP contribution in [-0.2, 0) is 33.3 Å². The van der Waals surface area contributed by atoms with Gasteiger partial charge in [-0.05, 0) is 102 Å². The van der Waals surface area contributed by atoms with Gasteiger partial charge in [-0.15, -0.1) is 0 Å². The monoisotopic (exact) mass is 649 g/mol. The van der Waals surface area contributed by atoms with Gasteiger partial charge in [0.1, 0.15) is 30.5 Å².